The van der Waals surface area contributed by atoms with Gasteiger partial charge in [-0.2, -0.15) is 0 Å². The number of piperidine rings is 1. The lowest BCUT2D eigenvalue weighted by molar-refractivity contribution is -0.130. The Morgan fingerprint density at radius 1 is 1.18 bits per heavy atom. The number of rotatable bonds is 9. The summed E-state index contributed by atoms with van der Waals surface area (Å²) >= 11 is 0. The van der Waals surface area contributed by atoms with Crippen LogP contribution in [0.3, 0.4) is 0 Å². The number of nitrogens with zero attached hydrogens (tertiary/aromatic N) is 2. The third kappa shape index (κ3) is 6.12. The van der Waals surface area contributed by atoms with Gasteiger partial charge in [-0.1, -0.05) is 13.8 Å². The topological polar surface area (TPSA) is 71.1 Å². The lowest BCUT2D eigenvalue weighted by atomic mass is 10.1. The normalized spacial score (nSPS) is 14.8. The minimum Gasteiger partial charge on any atom is -0.493 e. The molecule has 0 saturated carbocycles. The number of carbonyl (C=O) groups excluding carboxylic acids is 2. The van der Waals surface area contributed by atoms with Crippen molar-refractivity contribution < 1.29 is 19.1 Å². The summed E-state index contributed by atoms with van der Waals surface area (Å²) < 4.78 is 11.5. The largest absolute Gasteiger partial charge is 0.493 e. The van der Waals surface area contributed by atoms with Gasteiger partial charge in [0, 0.05) is 51.5 Å². The molecule has 0 unspecified atom stereocenters. The van der Waals surface area contributed by atoms with Crippen molar-refractivity contribution >= 4 is 11.8 Å². The number of likely N-dealkylation sites (tertiary alicyclic amines) is 1. The molecule has 1 fully saturated rings. The number of hydrogen-bond donors (Lipinski definition) is 1. The Balaban J connectivity index is 1.92. The zero-order valence-corrected chi connectivity index (χ0v) is 17.5. The first-order valence-corrected chi connectivity index (χ1v) is 10.1. The first-order chi connectivity index (χ1) is 13.5. The van der Waals surface area contributed by atoms with Gasteiger partial charge in [-0.15, -0.1) is 0 Å². The molecule has 0 atom stereocenters. The van der Waals surface area contributed by atoms with Crippen LogP contribution in [-0.4, -0.2) is 74.1 Å². The van der Waals surface area contributed by atoms with Crippen LogP contribution < -0.4 is 14.8 Å². The van der Waals surface area contributed by atoms with E-state index in [2.05, 4.69) is 24.1 Å². The summed E-state index contributed by atoms with van der Waals surface area (Å²) in [5, 5.41) is 2.95. The molecule has 7 heteroatoms. The predicted molar refractivity (Wildman–Crippen MR) is 109 cm³/mol. The van der Waals surface area contributed by atoms with E-state index in [-0.39, 0.29) is 17.9 Å². The van der Waals surface area contributed by atoms with Crippen molar-refractivity contribution in [2.45, 2.75) is 39.7 Å². The van der Waals surface area contributed by atoms with Gasteiger partial charge in [-0.3, -0.25) is 9.59 Å². The SMILES string of the molecule is CCN(CC)CCNC(=O)c1ccc(OC2CCN(C(C)=O)CC2)c(OC)c1. The van der Waals surface area contributed by atoms with Crippen LogP contribution in [0, 0.1) is 0 Å². The maximum Gasteiger partial charge on any atom is 0.251 e. The smallest absolute Gasteiger partial charge is 0.251 e. The van der Waals surface area contributed by atoms with Crippen molar-refractivity contribution in [1.29, 1.82) is 0 Å². The van der Waals surface area contributed by atoms with Crippen LogP contribution in [0.1, 0.15) is 44.0 Å². The van der Waals surface area contributed by atoms with Gasteiger partial charge in [0.2, 0.25) is 5.91 Å². The number of nitrogens with one attached hydrogen (secondary N) is 1. The molecule has 0 spiro atoms. The minimum absolute atomic E-state index is 0.0400. The highest BCUT2D eigenvalue weighted by Crippen LogP contribution is 2.30. The first-order valence-electron chi connectivity index (χ1n) is 10.1. The van der Waals surface area contributed by atoms with Crippen LogP contribution in [0.2, 0.25) is 0 Å². The van der Waals surface area contributed by atoms with Gasteiger partial charge in [0.15, 0.2) is 11.5 Å². The number of methoxy groups -OCH3 is 1. The fourth-order valence-corrected chi connectivity index (χ4v) is 3.34. The van der Waals surface area contributed by atoms with Gasteiger partial charge in [0.05, 0.1) is 7.11 Å². The Hall–Kier alpha value is -2.28. The Morgan fingerprint density at radius 3 is 2.43 bits per heavy atom. The molecule has 1 aromatic rings. The summed E-state index contributed by atoms with van der Waals surface area (Å²) in [5.74, 6) is 1.16. The van der Waals surface area contributed by atoms with Gasteiger partial charge < -0.3 is 24.6 Å². The van der Waals surface area contributed by atoms with Crippen LogP contribution in [0.4, 0.5) is 0 Å². The Labute approximate surface area is 168 Å². The molecule has 0 aromatic heterocycles. The highest BCUT2D eigenvalue weighted by molar-refractivity contribution is 5.94. The van der Waals surface area contributed by atoms with Gasteiger partial charge in [-0.05, 0) is 31.3 Å². The average Bonchev–Trinajstić information content (AvgIpc) is 2.71. The minimum atomic E-state index is -0.119. The van der Waals surface area contributed by atoms with Gasteiger partial charge in [0.1, 0.15) is 6.10 Å². The van der Waals surface area contributed by atoms with Crippen molar-refractivity contribution in [3.63, 3.8) is 0 Å². The second kappa shape index (κ2) is 10.9. The fraction of sp³-hybridized carbons (Fsp3) is 0.619. The monoisotopic (exact) mass is 391 g/mol. The summed E-state index contributed by atoms with van der Waals surface area (Å²) in [7, 11) is 1.57. The highest BCUT2D eigenvalue weighted by Gasteiger charge is 2.23. The van der Waals surface area contributed by atoms with E-state index in [1.807, 2.05) is 4.90 Å². The molecule has 1 aromatic carbocycles. The van der Waals surface area contributed by atoms with Crippen LogP contribution in [0.15, 0.2) is 18.2 Å². The van der Waals surface area contributed by atoms with Crippen molar-refractivity contribution in [3.8, 4) is 11.5 Å². The molecule has 0 bridgehead atoms. The molecule has 28 heavy (non-hydrogen) atoms. The Bertz CT molecular complexity index is 653. The fourth-order valence-electron chi connectivity index (χ4n) is 3.34. The number of ether oxygens (including phenoxy) is 2. The van der Waals surface area contributed by atoms with Crippen LogP contribution in [-0.2, 0) is 4.79 Å². The molecule has 0 aliphatic carbocycles. The molecule has 1 aliphatic heterocycles. The summed E-state index contributed by atoms with van der Waals surface area (Å²) in [6, 6.07) is 5.26. The number of hydrogen-bond acceptors (Lipinski definition) is 5. The Kier molecular flexibility index (Phi) is 8.57. The molecular formula is C21H33N3O4. The van der Waals surface area contributed by atoms with Crippen molar-refractivity contribution in [2.24, 2.45) is 0 Å². The zero-order valence-electron chi connectivity index (χ0n) is 17.5. The van der Waals surface area contributed by atoms with Crippen molar-refractivity contribution in [1.82, 2.24) is 15.1 Å². The van der Waals surface area contributed by atoms with Gasteiger partial charge in [0.25, 0.3) is 5.91 Å². The average molecular weight is 392 g/mol. The number of carbonyl (C=O) groups is 2. The molecule has 7 nitrogen and oxygen atoms in total. The van der Waals surface area contributed by atoms with Crippen molar-refractivity contribution in [3.05, 3.63) is 23.8 Å². The van der Waals surface area contributed by atoms with E-state index < -0.39 is 0 Å². The number of amides is 2. The van der Waals surface area contributed by atoms with Crippen molar-refractivity contribution in [2.75, 3.05) is 46.4 Å². The number of likely N-dealkylation sites (N-methyl/N-ethyl adjacent to an activating group) is 1. The molecule has 1 aliphatic rings. The van der Waals surface area contributed by atoms with Crippen LogP contribution in [0.5, 0.6) is 11.5 Å². The molecular weight excluding hydrogens is 358 g/mol. The summed E-state index contributed by atoms with van der Waals surface area (Å²) in [4.78, 5) is 27.9. The van der Waals surface area contributed by atoms with E-state index in [1.54, 1.807) is 32.2 Å². The Morgan fingerprint density at radius 2 is 1.86 bits per heavy atom. The molecule has 2 amide bonds. The van der Waals surface area contributed by atoms with Crippen LogP contribution in [0.25, 0.3) is 0 Å². The third-order valence-electron chi connectivity index (χ3n) is 5.21. The lowest BCUT2D eigenvalue weighted by Crippen LogP contribution is -2.40. The second-order valence-electron chi connectivity index (χ2n) is 6.97. The van der Waals surface area contributed by atoms with E-state index in [0.29, 0.717) is 36.7 Å². The van der Waals surface area contributed by atoms with E-state index in [0.717, 1.165) is 32.5 Å². The molecule has 1 N–H and O–H groups in total. The van der Waals surface area contributed by atoms with Gasteiger partial charge in [-0.25, -0.2) is 0 Å². The quantitative estimate of drug-likeness (QED) is 0.698. The van der Waals surface area contributed by atoms with Crippen LogP contribution >= 0.6 is 0 Å². The molecule has 1 saturated heterocycles. The third-order valence-corrected chi connectivity index (χ3v) is 5.21. The molecule has 1 heterocycles. The zero-order chi connectivity index (χ0) is 20.5. The molecule has 2 rings (SSSR count). The second-order valence-corrected chi connectivity index (χ2v) is 6.97. The maximum atomic E-state index is 12.4. The molecule has 156 valence electrons. The lowest BCUT2D eigenvalue weighted by Gasteiger charge is -2.31. The highest BCUT2D eigenvalue weighted by atomic mass is 16.5. The molecule has 0 radical (unpaired) electrons. The van der Waals surface area contributed by atoms with E-state index in [1.165, 1.54) is 0 Å². The van der Waals surface area contributed by atoms with E-state index in [4.69, 9.17) is 9.47 Å². The van der Waals surface area contributed by atoms with Gasteiger partial charge >= 0.3 is 0 Å². The summed E-state index contributed by atoms with van der Waals surface area (Å²) in [6.07, 6.45) is 1.62. The predicted octanol–water partition coefficient (Wildman–Crippen LogP) is 2.16. The first kappa shape index (κ1) is 22.0. The van der Waals surface area contributed by atoms with E-state index in [9.17, 15) is 9.59 Å². The summed E-state index contributed by atoms with van der Waals surface area (Å²) in [5.41, 5.74) is 0.551. The standard InChI is InChI=1S/C21H33N3O4/c1-5-23(6-2)14-11-22-21(26)17-7-8-19(20(15-17)27-4)28-18-9-12-24(13-10-18)16(3)25/h7-8,15,18H,5-6,9-14H2,1-4H3,(H,22,26). The van der Waals surface area contributed by atoms with E-state index >= 15 is 0 Å². The number of benzene rings is 1. The maximum absolute atomic E-state index is 12.4. The summed E-state index contributed by atoms with van der Waals surface area (Å²) in [6.45, 7) is 10.6.